The first-order valence-corrected chi connectivity index (χ1v) is 4.39. The molecule has 0 aliphatic heterocycles. The average Bonchev–Trinajstić information content (AvgIpc) is 2.25. The Kier molecular flexibility index (Phi) is 3.81. The van der Waals surface area contributed by atoms with Crippen molar-refractivity contribution < 1.29 is 13.9 Å². The Balaban J connectivity index is 2.84. The van der Waals surface area contributed by atoms with Gasteiger partial charge in [-0.05, 0) is 17.7 Å². The maximum atomic E-state index is 12.9. The fraction of sp³-hybridized carbons (Fsp3) is 0.273. The Morgan fingerprint density at radius 2 is 2.40 bits per heavy atom. The molecule has 0 saturated heterocycles. The minimum atomic E-state index is -0.659. The van der Waals surface area contributed by atoms with Gasteiger partial charge in [0, 0.05) is 0 Å². The standard InChI is InChI=1S/C11H10FNO2/c1-15-11(14)6-9(7-13)8-3-2-4-10(12)5-8/h2-5,9H,6H2,1H3. The maximum Gasteiger partial charge on any atom is 0.307 e. The van der Waals surface area contributed by atoms with E-state index in [4.69, 9.17) is 5.26 Å². The third-order valence-corrected chi connectivity index (χ3v) is 2.01. The molecule has 0 heterocycles. The van der Waals surface area contributed by atoms with Crippen LogP contribution in [-0.4, -0.2) is 13.1 Å². The van der Waals surface area contributed by atoms with E-state index in [1.807, 2.05) is 6.07 Å². The molecule has 78 valence electrons. The lowest BCUT2D eigenvalue weighted by atomic mass is 9.97. The molecule has 1 atom stereocenters. The van der Waals surface area contributed by atoms with Gasteiger partial charge >= 0.3 is 5.97 Å². The van der Waals surface area contributed by atoms with E-state index in [0.29, 0.717) is 5.56 Å². The Morgan fingerprint density at radius 1 is 1.67 bits per heavy atom. The molecule has 0 aliphatic carbocycles. The van der Waals surface area contributed by atoms with Crippen molar-refractivity contribution in [3.63, 3.8) is 0 Å². The average molecular weight is 207 g/mol. The van der Waals surface area contributed by atoms with E-state index >= 15 is 0 Å². The van der Waals surface area contributed by atoms with E-state index in [1.54, 1.807) is 6.07 Å². The van der Waals surface area contributed by atoms with Crippen LogP contribution in [0, 0.1) is 17.1 Å². The number of nitrogens with zero attached hydrogens (tertiary/aromatic N) is 1. The number of carbonyl (C=O) groups is 1. The summed E-state index contributed by atoms with van der Waals surface area (Å²) in [4.78, 5) is 11.0. The molecule has 15 heavy (non-hydrogen) atoms. The summed E-state index contributed by atoms with van der Waals surface area (Å²) in [7, 11) is 1.25. The van der Waals surface area contributed by atoms with Crippen LogP contribution < -0.4 is 0 Å². The van der Waals surface area contributed by atoms with Gasteiger partial charge in [-0.1, -0.05) is 12.1 Å². The highest BCUT2D eigenvalue weighted by Crippen LogP contribution is 2.19. The largest absolute Gasteiger partial charge is 0.469 e. The summed E-state index contributed by atoms with van der Waals surface area (Å²) in [5.74, 6) is -1.56. The van der Waals surface area contributed by atoms with Gasteiger partial charge in [0.2, 0.25) is 0 Å². The molecule has 1 unspecified atom stereocenters. The Hall–Kier alpha value is -1.89. The second-order valence-electron chi connectivity index (χ2n) is 3.02. The molecule has 0 spiro atoms. The lowest BCUT2D eigenvalue weighted by Crippen LogP contribution is -2.07. The van der Waals surface area contributed by atoms with Crippen molar-refractivity contribution >= 4 is 5.97 Å². The number of benzene rings is 1. The van der Waals surface area contributed by atoms with Crippen LogP contribution in [0.25, 0.3) is 0 Å². The molecule has 0 amide bonds. The van der Waals surface area contributed by atoms with Crippen LogP contribution in [0.5, 0.6) is 0 Å². The molecular weight excluding hydrogens is 197 g/mol. The zero-order valence-electron chi connectivity index (χ0n) is 8.24. The molecule has 0 bridgehead atoms. The molecule has 3 nitrogen and oxygen atoms in total. The van der Waals surface area contributed by atoms with Gasteiger partial charge in [-0.25, -0.2) is 4.39 Å². The number of hydrogen-bond acceptors (Lipinski definition) is 3. The molecule has 0 aliphatic rings. The van der Waals surface area contributed by atoms with Crippen LogP contribution in [0.1, 0.15) is 17.9 Å². The minimum absolute atomic E-state index is 0.0591. The monoisotopic (exact) mass is 207 g/mol. The third kappa shape index (κ3) is 3.06. The van der Waals surface area contributed by atoms with Gasteiger partial charge in [0.05, 0.1) is 25.5 Å². The first-order chi connectivity index (χ1) is 7.17. The van der Waals surface area contributed by atoms with Gasteiger partial charge in [-0.15, -0.1) is 0 Å². The minimum Gasteiger partial charge on any atom is -0.469 e. The van der Waals surface area contributed by atoms with Gasteiger partial charge in [0.15, 0.2) is 0 Å². The zero-order valence-corrected chi connectivity index (χ0v) is 8.24. The number of nitriles is 1. The van der Waals surface area contributed by atoms with Crippen molar-refractivity contribution in [3.05, 3.63) is 35.6 Å². The first kappa shape index (κ1) is 11.2. The van der Waals surface area contributed by atoms with Crippen LogP contribution in [0.4, 0.5) is 4.39 Å². The maximum absolute atomic E-state index is 12.9. The summed E-state index contributed by atoms with van der Waals surface area (Å²) >= 11 is 0. The first-order valence-electron chi connectivity index (χ1n) is 4.39. The van der Waals surface area contributed by atoms with Gasteiger partial charge < -0.3 is 4.74 Å². The molecule has 1 aromatic rings. The van der Waals surface area contributed by atoms with E-state index in [1.165, 1.54) is 25.3 Å². The van der Waals surface area contributed by atoms with Crippen molar-refractivity contribution in [1.29, 1.82) is 5.26 Å². The molecule has 0 N–H and O–H groups in total. The number of methoxy groups -OCH3 is 1. The van der Waals surface area contributed by atoms with Gasteiger partial charge in [-0.3, -0.25) is 4.79 Å². The third-order valence-electron chi connectivity index (χ3n) is 2.01. The highest BCUT2D eigenvalue weighted by molar-refractivity contribution is 5.71. The summed E-state index contributed by atoms with van der Waals surface area (Å²) in [5, 5.41) is 8.83. The van der Waals surface area contributed by atoms with Crippen LogP contribution in [0.15, 0.2) is 24.3 Å². The highest BCUT2D eigenvalue weighted by atomic mass is 19.1. The Bertz CT molecular complexity index is 398. The summed E-state index contributed by atoms with van der Waals surface area (Å²) in [6, 6.07) is 7.60. The van der Waals surface area contributed by atoms with Crippen LogP contribution in [0.3, 0.4) is 0 Å². The number of esters is 1. The van der Waals surface area contributed by atoms with Crippen LogP contribution in [0.2, 0.25) is 0 Å². The number of carbonyl (C=O) groups excluding carboxylic acids is 1. The highest BCUT2D eigenvalue weighted by Gasteiger charge is 2.16. The van der Waals surface area contributed by atoms with E-state index < -0.39 is 17.7 Å². The van der Waals surface area contributed by atoms with Crippen molar-refractivity contribution in [3.8, 4) is 6.07 Å². The predicted molar refractivity (Wildman–Crippen MR) is 51.4 cm³/mol. The van der Waals surface area contributed by atoms with E-state index in [-0.39, 0.29) is 6.42 Å². The van der Waals surface area contributed by atoms with Crippen LogP contribution in [-0.2, 0) is 9.53 Å². The molecular formula is C11H10FNO2. The van der Waals surface area contributed by atoms with Crippen molar-refractivity contribution in [2.75, 3.05) is 7.11 Å². The topological polar surface area (TPSA) is 50.1 Å². The number of hydrogen-bond donors (Lipinski definition) is 0. The quantitative estimate of drug-likeness (QED) is 0.712. The second-order valence-corrected chi connectivity index (χ2v) is 3.02. The second kappa shape index (κ2) is 5.11. The molecule has 0 fully saturated rings. The van der Waals surface area contributed by atoms with Crippen LogP contribution >= 0.6 is 0 Å². The van der Waals surface area contributed by atoms with E-state index in [9.17, 15) is 9.18 Å². The lowest BCUT2D eigenvalue weighted by molar-refractivity contribution is -0.140. The number of ether oxygens (including phenoxy) is 1. The SMILES string of the molecule is COC(=O)CC(C#N)c1cccc(F)c1. The van der Waals surface area contributed by atoms with Gasteiger partial charge in [0.25, 0.3) is 0 Å². The van der Waals surface area contributed by atoms with Crippen molar-refractivity contribution in [1.82, 2.24) is 0 Å². The fourth-order valence-electron chi connectivity index (χ4n) is 1.21. The zero-order chi connectivity index (χ0) is 11.3. The Morgan fingerprint density at radius 3 is 2.93 bits per heavy atom. The smallest absolute Gasteiger partial charge is 0.307 e. The van der Waals surface area contributed by atoms with Gasteiger partial charge in [-0.2, -0.15) is 5.26 Å². The number of rotatable bonds is 3. The molecule has 4 heteroatoms. The summed E-state index contributed by atoms with van der Waals surface area (Å²) in [6.45, 7) is 0. The lowest BCUT2D eigenvalue weighted by Gasteiger charge is -2.07. The molecule has 1 rings (SSSR count). The van der Waals surface area contributed by atoms with E-state index in [2.05, 4.69) is 4.74 Å². The molecule has 0 aromatic heterocycles. The predicted octanol–water partition coefficient (Wildman–Crippen LogP) is 2.00. The normalized spacial score (nSPS) is 11.5. The summed E-state index contributed by atoms with van der Waals surface area (Å²) in [6.07, 6.45) is -0.0591. The molecule has 0 saturated carbocycles. The fourth-order valence-corrected chi connectivity index (χ4v) is 1.21. The van der Waals surface area contributed by atoms with Crippen molar-refractivity contribution in [2.24, 2.45) is 0 Å². The van der Waals surface area contributed by atoms with Gasteiger partial charge in [0.1, 0.15) is 5.82 Å². The van der Waals surface area contributed by atoms with Crippen molar-refractivity contribution in [2.45, 2.75) is 12.3 Å². The molecule has 0 radical (unpaired) electrons. The Labute approximate surface area is 87.1 Å². The van der Waals surface area contributed by atoms with E-state index in [0.717, 1.165) is 0 Å². The summed E-state index contributed by atoms with van der Waals surface area (Å²) in [5.41, 5.74) is 0.489. The molecule has 1 aromatic carbocycles. The number of halogens is 1. The summed E-state index contributed by atoms with van der Waals surface area (Å²) < 4.78 is 17.3.